The van der Waals surface area contributed by atoms with Crippen LogP contribution < -0.4 is 0 Å². The number of hydrogen-bond acceptors (Lipinski definition) is 10. The number of hydrogen-bond donors (Lipinski definition) is 0. The van der Waals surface area contributed by atoms with Crippen LogP contribution in [0.1, 0.15) is 120 Å². The fourth-order valence-electron chi connectivity index (χ4n) is 6.57. The standard InChI is InChI=1S/C46H56O8S2/c1-43(2,3)39(47)51-27-15-19-33(53-41(49)45(7,8)9)31(23-27)25-13-17-29-35(21-25)55-38-30-18-14-26(22-36(30)56-37(29)38)32-24-28(52-40(48)44(4,5)6)16-20-34(32)54-42(50)46(10,11)12/h13-14,17-18,21-24,27-28,33-34H,15-16,19-20H2,1-12H3. The molecule has 0 aliphatic heterocycles. The Labute approximate surface area is 338 Å². The highest BCUT2D eigenvalue weighted by Gasteiger charge is 2.36. The van der Waals surface area contributed by atoms with Crippen molar-refractivity contribution in [2.24, 2.45) is 21.7 Å². The lowest BCUT2D eigenvalue weighted by Gasteiger charge is -2.32. The van der Waals surface area contributed by atoms with Crippen molar-refractivity contribution in [3.05, 3.63) is 59.7 Å². The van der Waals surface area contributed by atoms with Crippen LogP contribution in [-0.2, 0) is 38.1 Å². The first-order valence-electron chi connectivity index (χ1n) is 19.6. The monoisotopic (exact) mass is 800 g/mol. The van der Waals surface area contributed by atoms with Crippen molar-refractivity contribution in [2.75, 3.05) is 0 Å². The summed E-state index contributed by atoms with van der Waals surface area (Å²) in [5, 5.41) is 2.27. The van der Waals surface area contributed by atoms with Gasteiger partial charge in [0.2, 0.25) is 0 Å². The number of carbonyl (C=O) groups excluding carboxylic acids is 4. The number of ether oxygens (including phenoxy) is 4. The number of thiophene rings is 2. The van der Waals surface area contributed by atoms with Gasteiger partial charge in [0.25, 0.3) is 0 Å². The quantitative estimate of drug-likeness (QED) is 0.140. The van der Waals surface area contributed by atoms with Gasteiger partial charge in [0.1, 0.15) is 24.4 Å². The van der Waals surface area contributed by atoms with Crippen LogP contribution in [0.5, 0.6) is 0 Å². The van der Waals surface area contributed by atoms with Crippen molar-refractivity contribution in [2.45, 2.75) is 133 Å². The third-order valence-corrected chi connectivity index (χ3v) is 12.6. The van der Waals surface area contributed by atoms with E-state index in [0.717, 1.165) is 42.4 Å². The predicted molar refractivity (Wildman–Crippen MR) is 226 cm³/mol. The Balaban J connectivity index is 1.36. The van der Waals surface area contributed by atoms with E-state index in [1.54, 1.807) is 22.7 Å². The van der Waals surface area contributed by atoms with Gasteiger partial charge in [-0.05, 0) is 155 Å². The molecule has 2 aromatic heterocycles. The van der Waals surface area contributed by atoms with E-state index < -0.39 is 46.1 Å². The van der Waals surface area contributed by atoms with Gasteiger partial charge in [-0.15, -0.1) is 22.7 Å². The van der Waals surface area contributed by atoms with Crippen LogP contribution in [-0.4, -0.2) is 48.3 Å². The first-order chi connectivity index (χ1) is 25.9. The number of fused-ring (bicyclic) bond motifs is 5. The fourth-order valence-corrected chi connectivity index (χ4v) is 9.31. The van der Waals surface area contributed by atoms with Crippen molar-refractivity contribution in [3.8, 4) is 0 Å². The molecule has 0 bridgehead atoms. The molecule has 0 spiro atoms. The average Bonchev–Trinajstić information content (AvgIpc) is 3.62. The van der Waals surface area contributed by atoms with Crippen LogP contribution in [0.3, 0.4) is 0 Å². The van der Waals surface area contributed by atoms with Crippen LogP contribution in [0.4, 0.5) is 0 Å². The molecule has 0 radical (unpaired) electrons. The highest BCUT2D eigenvalue weighted by atomic mass is 32.1. The first-order valence-corrected chi connectivity index (χ1v) is 21.2. The van der Waals surface area contributed by atoms with Crippen molar-refractivity contribution >= 4 is 87.3 Å². The number of rotatable bonds is 6. The van der Waals surface area contributed by atoms with E-state index in [1.807, 2.05) is 95.2 Å². The summed E-state index contributed by atoms with van der Waals surface area (Å²) in [5.74, 6) is -1.08. The van der Waals surface area contributed by atoms with Crippen molar-refractivity contribution in [1.29, 1.82) is 0 Å². The largest absolute Gasteiger partial charge is 0.458 e. The zero-order valence-electron chi connectivity index (χ0n) is 34.8. The lowest BCUT2D eigenvalue weighted by atomic mass is 9.88. The Morgan fingerprint density at radius 1 is 0.482 bits per heavy atom. The smallest absolute Gasteiger partial charge is 0.311 e. The molecule has 8 nitrogen and oxygen atoms in total. The molecule has 0 N–H and O–H groups in total. The second-order valence-electron chi connectivity index (χ2n) is 19.4. The van der Waals surface area contributed by atoms with Crippen LogP contribution in [0.25, 0.3) is 40.7 Å². The molecule has 56 heavy (non-hydrogen) atoms. The summed E-state index contributed by atoms with van der Waals surface area (Å²) in [7, 11) is 0. The van der Waals surface area contributed by atoms with Crippen molar-refractivity contribution in [1.82, 2.24) is 0 Å². The zero-order chi connectivity index (χ0) is 41.1. The van der Waals surface area contributed by atoms with E-state index in [-0.39, 0.29) is 23.9 Å². The number of benzene rings is 2. The van der Waals surface area contributed by atoms with Crippen molar-refractivity contribution < 1.29 is 38.1 Å². The van der Waals surface area contributed by atoms with E-state index in [0.29, 0.717) is 25.7 Å². The average molecular weight is 801 g/mol. The minimum atomic E-state index is -0.657. The van der Waals surface area contributed by atoms with E-state index in [4.69, 9.17) is 18.9 Å². The molecule has 4 aromatic rings. The maximum atomic E-state index is 13.1. The topological polar surface area (TPSA) is 105 Å². The highest BCUT2D eigenvalue weighted by Crippen LogP contribution is 2.47. The summed E-state index contributed by atoms with van der Waals surface area (Å²) < 4.78 is 28.6. The van der Waals surface area contributed by atoms with Gasteiger partial charge in [-0.25, -0.2) is 0 Å². The number of carbonyl (C=O) groups is 4. The lowest BCUT2D eigenvalue weighted by molar-refractivity contribution is -0.160. The summed E-state index contributed by atoms with van der Waals surface area (Å²) in [6.45, 7) is 22.1. The first kappa shape index (κ1) is 41.6. The molecule has 4 unspecified atom stereocenters. The third kappa shape index (κ3) is 8.91. The Bertz CT molecular complexity index is 2100. The summed E-state index contributed by atoms with van der Waals surface area (Å²) in [6, 6.07) is 12.7. The van der Waals surface area contributed by atoms with Gasteiger partial charge in [0.05, 0.1) is 31.1 Å². The van der Waals surface area contributed by atoms with E-state index in [1.165, 1.54) is 9.40 Å². The van der Waals surface area contributed by atoms with E-state index in [9.17, 15) is 19.2 Å². The van der Waals surface area contributed by atoms with Gasteiger partial charge < -0.3 is 18.9 Å². The van der Waals surface area contributed by atoms with Crippen LogP contribution >= 0.6 is 22.7 Å². The Hall–Kier alpha value is -4.02. The lowest BCUT2D eigenvalue weighted by Crippen LogP contribution is -2.34. The SMILES string of the molecule is CC(C)(C)C(=O)OC1C=C(c2ccc3c(c2)sc2c4ccc(C5=CC(OC(=O)C(C)(C)C)CCC5OC(=O)C(C)(C)C)cc4sc32)C(OC(=O)C(C)(C)C)CC1. The molecule has 300 valence electrons. The van der Waals surface area contributed by atoms with Gasteiger partial charge in [0.15, 0.2) is 0 Å². The van der Waals surface area contributed by atoms with Crippen molar-refractivity contribution in [3.63, 3.8) is 0 Å². The Morgan fingerprint density at radius 2 is 0.804 bits per heavy atom. The number of esters is 4. The minimum Gasteiger partial charge on any atom is -0.458 e. The van der Waals surface area contributed by atoms with Crippen LogP contribution in [0, 0.1) is 21.7 Å². The van der Waals surface area contributed by atoms with E-state index in [2.05, 4.69) is 36.4 Å². The van der Waals surface area contributed by atoms with Gasteiger partial charge in [-0.1, -0.05) is 24.3 Å². The van der Waals surface area contributed by atoms with Crippen LogP contribution in [0.15, 0.2) is 48.6 Å². The fraction of sp³-hybridized carbons (Fsp3) is 0.522. The van der Waals surface area contributed by atoms with Gasteiger partial charge in [-0.2, -0.15) is 0 Å². The summed E-state index contributed by atoms with van der Waals surface area (Å²) in [6.07, 6.45) is 4.40. The molecule has 0 amide bonds. The molecular weight excluding hydrogens is 745 g/mol. The molecule has 2 heterocycles. The van der Waals surface area contributed by atoms with Crippen LogP contribution in [0.2, 0.25) is 0 Å². The molecule has 2 aromatic carbocycles. The second-order valence-corrected chi connectivity index (χ2v) is 21.5. The molecule has 4 atom stereocenters. The normalized spacial score (nSPS) is 21.1. The Morgan fingerprint density at radius 3 is 1.12 bits per heavy atom. The maximum Gasteiger partial charge on any atom is 0.311 e. The molecular formula is C46H56O8S2. The van der Waals surface area contributed by atoms with E-state index >= 15 is 0 Å². The maximum absolute atomic E-state index is 13.1. The molecule has 2 aliphatic rings. The molecule has 2 aliphatic carbocycles. The van der Waals surface area contributed by atoms with Gasteiger partial charge in [-0.3, -0.25) is 19.2 Å². The van der Waals surface area contributed by atoms with Gasteiger partial charge in [0, 0.05) is 20.2 Å². The molecule has 0 saturated carbocycles. The Kier molecular flexibility index (Phi) is 11.2. The minimum absolute atomic E-state index is 0.266. The molecule has 6 rings (SSSR count). The third-order valence-electron chi connectivity index (χ3n) is 10.1. The highest BCUT2D eigenvalue weighted by molar-refractivity contribution is 7.36. The van der Waals surface area contributed by atoms with Gasteiger partial charge >= 0.3 is 23.9 Å². The second kappa shape index (κ2) is 15.1. The summed E-state index contributed by atoms with van der Waals surface area (Å²) in [4.78, 5) is 51.8. The molecule has 0 fully saturated rings. The molecule has 10 heteroatoms. The summed E-state index contributed by atoms with van der Waals surface area (Å²) >= 11 is 3.44. The molecule has 0 saturated heterocycles. The summed E-state index contributed by atoms with van der Waals surface area (Å²) in [5.41, 5.74) is 0.987. The predicted octanol–water partition coefficient (Wildman–Crippen LogP) is 11.5. The zero-order valence-corrected chi connectivity index (χ0v) is 36.5.